The average molecular weight is 300 g/mol. The molecule has 0 aliphatic heterocycles. The summed E-state index contributed by atoms with van der Waals surface area (Å²) < 4.78 is 0. The Morgan fingerprint density at radius 3 is 2.68 bits per heavy atom. The maximum atomic E-state index is 6.22. The van der Waals surface area contributed by atoms with Crippen molar-refractivity contribution < 1.29 is 0 Å². The fourth-order valence-corrected chi connectivity index (χ4v) is 3.56. The van der Waals surface area contributed by atoms with Crippen molar-refractivity contribution in [2.45, 2.75) is 57.2 Å². The van der Waals surface area contributed by atoms with Gasteiger partial charge in [-0.15, -0.1) is 0 Å². The number of rotatable bonds is 4. The summed E-state index contributed by atoms with van der Waals surface area (Å²) in [5.41, 5.74) is 0.956. The quantitative estimate of drug-likeness (QED) is 0.843. The number of nitrogens with zero attached hydrogens (tertiary/aromatic N) is 2. The molecule has 1 aliphatic carbocycles. The second-order valence-corrected chi connectivity index (χ2v) is 6.89. The molecule has 2 atom stereocenters. The highest BCUT2D eigenvalue weighted by Crippen LogP contribution is 2.32. The van der Waals surface area contributed by atoms with Crippen molar-refractivity contribution in [3.8, 4) is 0 Å². The predicted octanol–water partition coefficient (Wildman–Crippen LogP) is 4.26. The molecule has 1 saturated carbocycles. The molecule has 1 N–H and O–H groups in total. The molecule has 1 aromatic rings. The number of hydrogen-bond donors (Lipinski definition) is 1. The number of nitrogens with one attached hydrogen (secondary N) is 1. The van der Waals surface area contributed by atoms with Gasteiger partial charge in [0.25, 0.3) is 0 Å². The van der Waals surface area contributed by atoms with Gasteiger partial charge >= 0.3 is 0 Å². The van der Waals surface area contributed by atoms with Gasteiger partial charge in [0.2, 0.25) is 0 Å². The van der Waals surface area contributed by atoms with Crippen LogP contribution in [0.5, 0.6) is 0 Å². The van der Waals surface area contributed by atoms with Crippen LogP contribution < -0.4 is 5.32 Å². The van der Waals surface area contributed by atoms with Gasteiger partial charge in [-0.25, -0.2) is 9.97 Å². The molecule has 2 rings (SSSR count). The lowest BCUT2D eigenvalue weighted by Gasteiger charge is -2.21. The normalized spacial score (nSPS) is 23.1. The second-order valence-electron chi connectivity index (χ2n) is 5.46. The Labute approximate surface area is 124 Å². The molecule has 1 heterocycles. The summed E-state index contributed by atoms with van der Waals surface area (Å²) >= 11 is 8.16. The molecule has 2 unspecified atom stereocenters. The van der Waals surface area contributed by atoms with Gasteiger partial charge in [-0.2, -0.15) is 11.8 Å². The maximum Gasteiger partial charge on any atom is 0.137 e. The van der Waals surface area contributed by atoms with Gasteiger partial charge in [0.15, 0.2) is 0 Å². The zero-order chi connectivity index (χ0) is 14.0. The number of aromatic nitrogens is 2. The highest BCUT2D eigenvalue weighted by Gasteiger charge is 2.27. The Bertz CT molecular complexity index is 451. The zero-order valence-corrected chi connectivity index (χ0v) is 13.6. The molecular weight excluding hydrogens is 278 g/mol. The van der Waals surface area contributed by atoms with Crippen LogP contribution in [0.3, 0.4) is 0 Å². The summed E-state index contributed by atoms with van der Waals surface area (Å²) in [5, 5.41) is 4.84. The summed E-state index contributed by atoms with van der Waals surface area (Å²) in [6.45, 7) is 6.16. The van der Waals surface area contributed by atoms with E-state index in [4.69, 9.17) is 11.6 Å². The summed E-state index contributed by atoms with van der Waals surface area (Å²) in [4.78, 5) is 9.00. The van der Waals surface area contributed by atoms with Crippen molar-refractivity contribution in [2.75, 3.05) is 11.6 Å². The van der Waals surface area contributed by atoms with Crippen molar-refractivity contribution in [2.24, 2.45) is 0 Å². The lowest BCUT2D eigenvalue weighted by molar-refractivity contribution is 0.740. The number of thioether (sulfide) groups is 1. The first-order valence-corrected chi connectivity index (χ1v) is 8.53. The largest absolute Gasteiger partial charge is 0.366 e. The van der Waals surface area contributed by atoms with Crippen LogP contribution in [0.1, 0.15) is 50.4 Å². The van der Waals surface area contributed by atoms with Crippen molar-refractivity contribution in [3.63, 3.8) is 0 Å². The van der Waals surface area contributed by atoms with Crippen LogP contribution in [-0.4, -0.2) is 27.5 Å². The SMILES string of the molecule is CSC1CCCC1Nc1nc(C(C)C)nc(Cl)c1C. The Hall–Kier alpha value is -0.480. The van der Waals surface area contributed by atoms with Gasteiger partial charge in [-0.3, -0.25) is 0 Å². The van der Waals surface area contributed by atoms with E-state index in [1.54, 1.807) is 0 Å². The summed E-state index contributed by atoms with van der Waals surface area (Å²) in [5.74, 6) is 2.02. The first-order chi connectivity index (χ1) is 9.02. The lowest BCUT2D eigenvalue weighted by atomic mass is 10.2. The van der Waals surface area contributed by atoms with Crippen LogP contribution in [0.4, 0.5) is 5.82 Å². The Kier molecular flexibility index (Phi) is 4.96. The van der Waals surface area contributed by atoms with Crippen molar-refractivity contribution in [1.82, 2.24) is 9.97 Å². The first-order valence-electron chi connectivity index (χ1n) is 6.86. The molecule has 19 heavy (non-hydrogen) atoms. The van der Waals surface area contributed by atoms with E-state index in [0.717, 1.165) is 17.2 Å². The van der Waals surface area contributed by atoms with Crippen LogP contribution in [0.2, 0.25) is 5.15 Å². The van der Waals surface area contributed by atoms with Gasteiger partial charge in [-0.05, 0) is 26.0 Å². The average Bonchev–Trinajstić information content (AvgIpc) is 2.81. The number of hydrogen-bond acceptors (Lipinski definition) is 4. The van der Waals surface area contributed by atoms with Crippen molar-refractivity contribution >= 4 is 29.2 Å². The molecule has 1 fully saturated rings. The smallest absolute Gasteiger partial charge is 0.137 e. The molecule has 3 nitrogen and oxygen atoms in total. The fourth-order valence-electron chi connectivity index (χ4n) is 2.45. The van der Waals surface area contributed by atoms with Crippen LogP contribution in [-0.2, 0) is 0 Å². The minimum absolute atomic E-state index is 0.290. The van der Waals surface area contributed by atoms with E-state index in [9.17, 15) is 0 Å². The summed E-state index contributed by atoms with van der Waals surface area (Å²) in [6.07, 6.45) is 5.97. The molecule has 0 aromatic carbocycles. The minimum atomic E-state index is 0.290. The molecule has 1 aliphatic rings. The predicted molar refractivity (Wildman–Crippen MR) is 84.4 cm³/mol. The van der Waals surface area contributed by atoms with Gasteiger partial charge in [-0.1, -0.05) is 31.9 Å². The van der Waals surface area contributed by atoms with Crippen LogP contribution in [0, 0.1) is 6.92 Å². The Balaban J connectivity index is 2.24. The van der Waals surface area contributed by atoms with Gasteiger partial charge < -0.3 is 5.32 Å². The van der Waals surface area contributed by atoms with E-state index in [-0.39, 0.29) is 0 Å². The second kappa shape index (κ2) is 6.31. The number of anilines is 1. The Morgan fingerprint density at radius 2 is 2.05 bits per heavy atom. The van der Waals surface area contributed by atoms with E-state index in [1.807, 2.05) is 18.7 Å². The highest BCUT2D eigenvalue weighted by atomic mass is 35.5. The zero-order valence-electron chi connectivity index (χ0n) is 12.0. The molecule has 0 saturated heterocycles. The van der Waals surface area contributed by atoms with E-state index >= 15 is 0 Å². The maximum absolute atomic E-state index is 6.22. The lowest BCUT2D eigenvalue weighted by Crippen LogP contribution is -2.27. The highest BCUT2D eigenvalue weighted by molar-refractivity contribution is 7.99. The summed E-state index contributed by atoms with van der Waals surface area (Å²) in [7, 11) is 0. The van der Waals surface area contributed by atoms with E-state index < -0.39 is 0 Å². The molecule has 106 valence electrons. The van der Waals surface area contributed by atoms with Gasteiger partial charge in [0.1, 0.15) is 16.8 Å². The molecule has 0 bridgehead atoms. The van der Waals surface area contributed by atoms with E-state index in [0.29, 0.717) is 22.4 Å². The fraction of sp³-hybridized carbons (Fsp3) is 0.714. The standard InChI is InChI=1S/C14H22ClN3S/c1-8(2)13-17-12(15)9(3)14(18-13)16-10-6-5-7-11(10)19-4/h8,10-11H,5-7H2,1-4H3,(H,16,17,18). The minimum Gasteiger partial charge on any atom is -0.366 e. The molecule has 5 heteroatoms. The molecule has 0 spiro atoms. The van der Waals surface area contributed by atoms with Gasteiger partial charge in [0, 0.05) is 22.8 Å². The number of halogens is 1. The van der Waals surface area contributed by atoms with Crippen molar-refractivity contribution in [1.29, 1.82) is 0 Å². The van der Waals surface area contributed by atoms with Crippen molar-refractivity contribution in [3.05, 3.63) is 16.5 Å². The molecule has 0 amide bonds. The topological polar surface area (TPSA) is 37.8 Å². The Morgan fingerprint density at radius 1 is 1.32 bits per heavy atom. The van der Waals surface area contributed by atoms with Gasteiger partial charge in [0.05, 0.1) is 0 Å². The first kappa shape index (κ1) is 14.9. The third-order valence-electron chi connectivity index (χ3n) is 3.70. The van der Waals surface area contributed by atoms with Crippen LogP contribution in [0.25, 0.3) is 0 Å². The third kappa shape index (κ3) is 3.34. The van der Waals surface area contributed by atoms with E-state index in [1.165, 1.54) is 19.3 Å². The molecule has 1 aromatic heterocycles. The molecular formula is C14H22ClN3S. The monoisotopic (exact) mass is 299 g/mol. The third-order valence-corrected chi connectivity index (χ3v) is 5.24. The van der Waals surface area contributed by atoms with E-state index in [2.05, 4.69) is 35.4 Å². The molecule has 0 radical (unpaired) electrons. The van der Waals surface area contributed by atoms with Crippen LogP contribution in [0.15, 0.2) is 0 Å². The van der Waals surface area contributed by atoms with Crippen LogP contribution >= 0.6 is 23.4 Å². The summed E-state index contributed by atoms with van der Waals surface area (Å²) in [6, 6.07) is 0.500.